The second-order valence-corrected chi connectivity index (χ2v) is 20.3. The summed E-state index contributed by atoms with van der Waals surface area (Å²) < 4.78 is 5.48. The van der Waals surface area contributed by atoms with Gasteiger partial charge in [0.1, 0.15) is 0 Å². The lowest BCUT2D eigenvalue weighted by Crippen LogP contribution is -2.53. The molecule has 0 aliphatic carbocycles. The molecule has 4 aromatic carbocycles. The van der Waals surface area contributed by atoms with Crippen molar-refractivity contribution in [3.05, 3.63) is 153 Å². The number of carbonyl (C=O) groups excluding carboxylic acids is 2. The van der Waals surface area contributed by atoms with E-state index in [1.807, 2.05) is 34.1 Å². The first-order valence-electron chi connectivity index (χ1n) is 25.9. The highest BCUT2D eigenvalue weighted by molar-refractivity contribution is 6.10. The molecule has 12 rings (SSSR count). The highest BCUT2D eigenvalue weighted by atomic mass is 16.5. The van der Waals surface area contributed by atoms with Crippen molar-refractivity contribution in [3.8, 4) is 0 Å². The lowest BCUT2D eigenvalue weighted by atomic mass is 9.99. The summed E-state index contributed by atoms with van der Waals surface area (Å²) in [6, 6.07) is 34.6. The van der Waals surface area contributed by atoms with E-state index in [2.05, 4.69) is 128 Å². The van der Waals surface area contributed by atoms with E-state index in [0.717, 1.165) is 141 Å². The van der Waals surface area contributed by atoms with Gasteiger partial charge in [-0.05, 0) is 78.5 Å². The Kier molecular flexibility index (Phi) is 13.8. The number of guanidine groups is 2. The number of nitrogens with zero attached hydrogens (tertiary/aromatic N) is 11. The molecule has 0 saturated carbocycles. The van der Waals surface area contributed by atoms with E-state index in [1.165, 1.54) is 56.1 Å². The van der Waals surface area contributed by atoms with E-state index in [4.69, 9.17) is 14.7 Å². The molecule has 14 heteroatoms. The molecular weight excluding hydrogens is 887 g/mol. The topological polar surface area (TPSA) is 97.2 Å². The van der Waals surface area contributed by atoms with Gasteiger partial charge in [-0.2, -0.15) is 0 Å². The van der Waals surface area contributed by atoms with Crippen LogP contribution >= 0.6 is 0 Å². The van der Waals surface area contributed by atoms with E-state index >= 15 is 0 Å². The minimum atomic E-state index is 0.118. The van der Waals surface area contributed by atoms with Crippen LogP contribution in [-0.4, -0.2) is 170 Å². The van der Waals surface area contributed by atoms with Crippen LogP contribution in [0.5, 0.6) is 0 Å². The molecule has 8 aliphatic rings. The molecule has 0 atom stereocenters. The largest absolute Gasteiger partial charge is 0.378 e. The van der Waals surface area contributed by atoms with E-state index in [-0.39, 0.29) is 11.8 Å². The van der Waals surface area contributed by atoms with Gasteiger partial charge in [0.15, 0.2) is 0 Å². The van der Waals surface area contributed by atoms with Gasteiger partial charge in [-0.15, -0.1) is 0 Å². The number of aryl methyl sites for hydroxylation is 2. The van der Waals surface area contributed by atoms with Crippen molar-refractivity contribution in [2.24, 2.45) is 9.98 Å². The number of rotatable bonds is 10. The fourth-order valence-corrected chi connectivity index (χ4v) is 11.4. The standard InChI is InChI=1S/C29H36N6O.C28H33N5O2/c1-22-5-3-4-6-24(22)20-35-28(36)26-21-32(13-11-27(26)34-14-12-30-29(34)35)19-23-7-9-25(10-8-23)33-17-15-31(2)16-18-33;1-21-4-2-3-5-23(21)19-33-27(34)25-20-30(12-10-26(25)32-13-11-29-28(32)33)18-22-6-8-24(9-7-22)31-14-16-35-17-15-31/h3-10H,11-21H2,1-2H3;2-9H,10-20H2,1H3. The van der Waals surface area contributed by atoms with Crippen molar-refractivity contribution in [2.45, 2.75) is 52.9 Å². The Morgan fingerprint density at radius 1 is 0.493 bits per heavy atom. The first-order valence-corrected chi connectivity index (χ1v) is 25.9. The molecule has 2 saturated heterocycles. The lowest BCUT2D eigenvalue weighted by molar-refractivity contribution is -0.126. The van der Waals surface area contributed by atoms with Gasteiger partial charge in [0, 0.05) is 127 Å². The molecule has 71 heavy (non-hydrogen) atoms. The van der Waals surface area contributed by atoms with Gasteiger partial charge < -0.3 is 29.2 Å². The zero-order chi connectivity index (χ0) is 48.4. The van der Waals surface area contributed by atoms with Gasteiger partial charge in [0.2, 0.25) is 11.9 Å². The molecule has 0 aromatic heterocycles. The van der Waals surface area contributed by atoms with Crippen molar-refractivity contribution < 1.29 is 14.3 Å². The molecule has 2 amide bonds. The Balaban J connectivity index is 0.000000154. The Morgan fingerprint density at radius 2 is 0.930 bits per heavy atom. The Morgan fingerprint density at radius 3 is 1.38 bits per heavy atom. The van der Waals surface area contributed by atoms with Crippen LogP contribution in [0.3, 0.4) is 0 Å². The molecule has 2 fully saturated rings. The lowest BCUT2D eigenvalue weighted by Gasteiger charge is -2.42. The van der Waals surface area contributed by atoms with Crippen LogP contribution in [0.15, 0.2) is 130 Å². The number of carbonyl (C=O) groups is 2. The summed E-state index contributed by atoms with van der Waals surface area (Å²) in [5, 5.41) is 0. The minimum Gasteiger partial charge on any atom is -0.378 e. The van der Waals surface area contributed by atoms with Gasteiger partial charge in [-0.25, -0.2) is 0 Å². The van der Waals surface area contributed by atoms with Crippen LogP contribution in [0.2, 0.25) is 0 Å². The fourth-order valence-electron chi connectivity index (χ4n) is 11.4. The van der Waals surface area contributed by atoms with Gasteiger partial charge in [0.05, 0.1) is 50.5 Å². The number of aliphatic imine (C=N–C) groups is 2. The average Bonchev–Trinajstić information content (AvgIpc) is 4.11. The van der Waals surface area contributed by atoms with Crippen molar-refractivity contribution >= 4 is 35.1 Å². The number of amides is 2. The van der Waals surface area contributed by atoms with Crippen LogP contribution in [0.4, 0.5) is 11.4 Å². The minimum absolute atomic E-state index is 0.118. The van der Waals surface area contributed by atoms with Crippen molar-refractivity contribution in [1.29, 1.82) is 0 Å². The SMILES string of the molecule is Cc1ccccc1CN1C(=O)C2=C(CCN(Cc3ccc(N4CCN(C)CC4)cc3)C2)N2CCN=C12.Cc1ccccc1CN1C(=O)C2=C(CCN(Cc3ccc(N4CCOCC4)cc3)C2)N2CCN=C12. The normalized spacial score (nSPS) is 20.9. The maximum Gasteiger partial charge on any atom is 0.259 e. The van der Waals surface area contributed by atoms with Crippen LogP contribution < -0.4 is 9.80 Å². The molecule has 14 nitrogen and oxygen atoms in total. The summed E-state index contributed by atoms with van der Waals surface area (Å²) in [6.07, 6.45) is 1.79. The monoisotopic (exact) mass is 956 g/mol. The highest BCUT2D eigenvalue weighted by Gasteiger charge is 2.43. The van der Waals surface area contributed by atoms with E-state index < -0.39 is 0 Å². The molecule has 370 valence electrons. The van der Waals surface area contributed by atoms with Gasteiger partial charge in [-0.3, -0.25) is 39.2 Å². The molecule has 0 unspecified atom stereocenters. The molecule has 0 bridgehead atoms. The average molecular weight is 956 g/mol. The molecule has 0 radical (unpaired) electrons. The molecule has 0 spiro atoms. The van der Waals surface area contributed by atoms with Gasteiger partial charge in [0.25, 0.3) is 11.8 Å². The second-order valence-electron chi connectivity index (χ2n) is 20.3. The van der Waals surface area contributed by atoms with E-state index in [1.54, 1.807) is 0 Å². The predicted octanol–water partition coefficient (Wildman–Crippen LogP) is 5.93. The Hall–Kier alpha value is -6.32. The summed E-state index contributed by atoms with van der Waals surface area (Å²) in [5.74, 6) is 1.92. The van der Waals surface area contributed by atoms with Gasteiger partial charge in [-0.1, -0.05) is 72.8 Å². The molecule has 0 N–H and O–H groups in total. The van der Waals surface area contributed by atoms with E-state index in [9.17, 15) is 9.59 Å². The summed E-state index contributed by atoms with van der Waals surface area (Å²) >= 11 is 0. The summed E-state index contributed by atoms with van der Waals surface area (Å²) in [5.41, 5.74) is 14.2. The summed E-state index contributed by atoms with van der Waals surface area (Å²) in [7, 11) is 2.19. The molecule has 4 aromatic rings. The Bertz CT molecular complexity index is 2730. The number of anilines is 2. The third-order valence-corrected chi connectivity index (χ3v) is 15.7. The predicted molar refractivity (Wildman–Crippen MR) is 281 cm³/mol. The van der Waals surface area contributed by atoms with Crippen LogP contribution in [0.1, 0.15) is 46.2 Å². The van der Waals surface area contributed by atoms with Crippen LogP contribution in [-0.2, 0) is 40.5 Å². The van der Waals surface area contributed by atoms with Crippen molar-refractivity contribution in [2.75, 3.05) is 122 Å². The number of piperazine rings is 1. The second kappa shape index (κ2) is 20.8. The maximum absolute atomic E-state index is 13.8. The van der Waals surface area contributed by atoms with Crippen molar-refractivity contribution in [3.63, 3.8) is 0 Å². The highest BCUT2D eigenvalue weighted by Crippen LogP contribution is 2.35. The summed E-state index contributed by atoms with van der Waals surface area (Å²) in [4.78, 5) is 57.5. The fraction of sp³-hybridized carbons (Fsp3) is 0.439. The number of fused-ring (bicyclic) bond motifs is 4. The summed E-state index contributed by atoms with van der Waals surface area (Å²) in [6.45, 7) is 21.5. The van der Waals surface area contributed by atoms with Gasteiger partial charge >= 0.3 is 0 Å². The number of morpholine rings is 1. The van der Waals surface area contributed by atoms with Crippen molar-refractivity contribution in [1.82, 2.24) is 34.3 Å². The zero-order valence-electron chi connectivity index (χ0n) is 41.9. The molecule has 8 heterocycles. The number of benzene rings is 4. The maximum atomic E-state index is 13.8. The third-order valence-electron chi connectivity index (χ3n) is 15.7. The van der Waals surface area contributed by atoms with Crippen LogP contribution in [0, 0.1) is 13.8 Å². The molecule has 8 aliphatic heterocycles. The third kappa shape index (κ3) is 10.00. The molecular formula is C57H69N11O3. The van der Waals surface area contributed by atoms with E-state index in [0.29, 0.717) is 26.2 Å². The quantitative estimate of drug-likeness (QED) is 0.191. The first kappa shape index (κ1) is 47.0. The number of likely N-dealkylation sites (N-methyl/N-ethyl adjacent to an activating group) is 1. The number of hydrogen-bond acceptors (Lipinski definition) is 12. The van der Waals surface area contributed by atoms with Crippen LogP contribution in [0.25, 0.3) is 0 Å². The zero-order valence-corrected chi connectivity index (χ0v) is 41.9. The Labute approximate surface area is 419 Å². The first-order chi connectivity index (χ1) is 34.7. The number of ether oxygens (including phenoxy) is 1. The number of hydrogen-bond donors (Lipinski definition) is 0. The smallest absolute Gasteiger partial charge is 0.259 e.